The molecule has 0 amide bonds. The molecule has 18 heavy (non-hydrogen) atoms. The number of aromatic nitrogens is 4. The predicted octanol–water partition coefficient (Wildman–Crippen LogP) is 1.38. The minimum absolute atomic E-state index is 0.160. The summed E-state index contributed by atoms with van der Waals surface area (Å²) in [7, 11) is 1.94. The molecule has 5 heteroatoms. The van der Waals surface area contributed by atoms with Gasteiger partial charge >= 0.3 is 0 Å². The van der Waals surface area contributed by atoms with E-state index in [1.807, 2.05) is 36.6 Å². The van der Waals surface area contributed by atoms with Crippen LogP contribution in [0.15, 0.2) is 24.9 Å². The van der Waals surface area contributed by atoms with Crippen molar-refractivity contribution in [2.75, 3.05) is 13.1 Å². The van der Waals surface area contributed by atoms with Gasteiger partial charge in [0.15, 0.2) is 0 Å². The molecule has 0 atom stereocenters. The molecule has 0 unspecified atom stereocenters. The van der Waals surface area contributed by atoms with Gasteiger partial charge in [-0.2, -0.15) is 5.10 Å². The Kier molecular flexibility index (Phi) is 2.70. The van der Waals surface area contributed by atoms with Crippen molar-refractivity contribution in [1.82, 2.24) is 24.6 Å². The lowest BCUT2D eigenvalue weighted by atomic mass is 9.90. The Labute approximate surface area is 107 Å². The number of rotatable bonds is 2. The number of hydrogen-bond acceptors (Lipinski definition) is 3. The Balaban J connectivity index is 2.01. The molecule has 5 nitrogen and oxygen atoms in total. The van der Waals surface area contributed by atoms with Gasteiger partial charge in [0.05, 0.1) is 24.4 Å². The first-order chi connectivity index (χ1) is 8.69. The third kappa shape index (κ3) is 1.84. The highest BCUT2D eigenvalue weighted by atomic mass is 15.2. The quantitative estimate of drug-likeness (QED) is 0.869. The van der Waals surface area contributed by atoms with Crippen LogP contribution in [0.3, 0.4) is 0 Å². The first-order valence-corrected chi connectivity index (χ1v) is 6.42. The molecule has 1 aliphatic rings. The number of nitrogens with zero attached hydrogens (tertiary/aromatic N) is 4. The number of aryl methyl sites for hydroxylation is 1. The van der Waals surface area contributed by atoms with E-state index in [1.54, 1.807) is 0 Å². The molecular formula is C13H19N5. The second-order valence-corrected chi connectivity index (χ2v) is 5.30. The SMILES string of the molecule is Cn1cc(-c2cncn2C2(C)CCNCC2)cn1. The lowest BCUT2D eigenvalue weighted by Crippen LogP contribution is -2.41. The first-order valence-electron chi connectivity index (χ1n) is 6.42. The van der Waals surface area contributed by atoms with Crippen molar-refractivity contribution < 1.29 is 0 Å². The first kappa shape index (κ1) is 11.5. The molecule has 96 valence electrons. The van der Waals surface area contributed by atoms with Crippen LogP contribution < -0.4 is 5.32 Å². The fraction of sp³-hybridized carbons (Fsp3) is 0.538. The summed E-state index contributed by atoms with van der Waals surface area (Å²) >= 11 is 0. The normalized spacial score (nSPS) is 19.0. The van der Waals surface area contributed by atoms with Gasteiger partial charge in [-0.1, -0.05) is 0 Å². The smallest absolute Gasteiger partial charge is 0.0956 e. The van der Waals surface area contributed by atoms with E-state index in [-0.39, 0.29) is 5.54 Å². The maximum Gasteiger partial charge on any atom is 0.0956 e. The minimum atomic E-state index is 0.160. The molecule has 2 aromatic heterocycles. The summed E-state index contributed by atoms with van der Waals surface area (Å²) in [6, 6.07) is 0. The summed E-state index contributed by atoms with van der Waals surface area (Å²) in [5.41, 5.74) is 2.45. The topological polar surface area (TPSA) is 47.7 Å². The molecule has 0 saturated carbocycles. The molecule has 0 spiro atoms. The lowest BCUT2D eigenvalue weighted by Gasteiger charge is -2.36. The highest BCUT2D eigenvalue weighted by Gasteiger charge is 2.30. The van der Waals surface area contributed by atoms with E-state index in [1.165, 1.54) is 0 Å². The zero-order chi connectivity index (χ0) is 12.6. The molecule has 2 aromatic rings. The van der Waals surface area contributed by atoms with Gasteiger partial charge in [-0.25, -0.2) is 4.98 Å². The van der Waals surface area contributed by atoms with Crippen LogP contribution in [0.1, 0.15) is 19.8 Å². The molecule has 0 aliphatic carbocycles. The predicted molar refractivity (Wildman–Crippen MR) is 70.2 cm³/mol. The van der Waals surface area contributed by atoms with Gasteiger partial charge in [-0.15, -0.1) is 0 Å². The highest BCUT2D eigenvalue weighted by molar-refractivity contribution is 5.57. The average Bonchev–Trinajstić information content (AvgIpc) is 2.98. The molecule has 3 rings (SSSR count). The van der Waals surface area contributed by atoms with Gasteiger partial charge in [0, 0.05) is 24.3 Å². The third-order valence-electron chi connectivity index (χ3n) is 3.90. The van der Waals surface area contributed by atoms with Crippen molar-refractivity contribution in [3.63, 3.8) is 0 Å². The molecular weight excluding hydrogens is 226 g/mol. The van der Waals surface area contributed by atoms with Crippen LogP contribution >= 0.6 is 0 Å². The summed E-state index contributed by atoms with van der Waals surface area (Å²) < 4.78 is 4.14. The van der Waals surface area contributed by atoms with Crippen LogP contribution in [0.2, 0.25) is 0 Å². The van der Waals surface area contributed by atoms with E-state index in [0.717, 1.165) is 37.2 Å². The van der Waals surface area contributed by atoms with Crippen molar-refractivity contribution in [3.05, 3.63) is 24.9 Å². The van der Waals surface area contributed by atoms with Gasteiger partial charge in [0.1, 0.15) is 0 Å². The zero-order valence-corrected chi connectivity index (χ0v) is 10.9. The fourth-order valence-corrected chi connectivity index (χ4v) is 2.70. The van der Waals surface area contributed by atoms with Crippen molar-refractivity contribution >= 4 is 0 Å². The fourth-order valence-electron chi connectivity index (χ4n) is 2.70. The summed E-state index contributed by atoms with van der Waals surface area (Å²) in [6.07, 6.45) is 10.1. The van der Waals surface area contributed by atoms with E-state index in [4.69, 9.17) is 0 Å². The van der Waals surface area contributed by atoms with Crippen LogP contribution in [0.4, 0.5) is 0 Å². The van der Waals surface area contributed by atoms with Crippen LogP contribution in [-0.2, 0) is 12.6 Å². The maximum atomic E-state index is 4.33. The van der Waals surface area contributed by atoms with E-state index < -0.39 is 0 Å². The molecule has 1 aliphatic heterocycles. The van der Waals surface area contributed by atoms with E-state index in [2.05, 4.69) is 26.9 Å². The molecule has 1 N–H and O–H groups in total. The second-order valence-electron chi connectivity index (χ2n) is 5.30. The standard InChI is InChI=1S/C13H19N5/c1-13(3-5-14-6-4-13)18-10-15-8-12(18)11-7-16-17(2)9-11/h7-10,14H,3-6H2,1-2H3. The van der Waals surface area contributed by atoms with Crippen LogP contribution in [-0.4, -0.2) is 32.4 Å². The molecule has 0 aromatic carbocycles. The molecule has 1 fully saturated rings. The van der Waals surface area contributed by atoms with E-state index in [9.17, 15) is 0 Å². The number of nitrogens with one attached hydrogen (secondary N) is 1. The van der Waals surface area contributed by atoms with Crippen LogP contribution in [0.25, 0.3) is 11.3 Å². The maximum absolute atomic E-state index is 4.33. The largest absolute Gasteiger partial charge is 0.324 e. The van der Waals surface area contributed by atoms with Gasteiger partial charge in [-0.3, -0.25) is 4.68 Å². The highest BCUT2D eigenvalue weighted by Crippen LogP contribution is 2.31. The van der Waals surface area contributed by atoms with Gasteiger partial charge in [0.2, 0.25) is 0 Å². The lowest BCUT2D eigenvalue weighted by molar-refractivity contribution is 0.233. The third-order valence-corrected chi connectivity index (χ3v) is 3.90. The summed E-state index contributed by atoms with van der Waals surface area (Å²) in [5.74, 6) is 0. The average molecular weight is 245 g/mol. The van der Waals surface area contributed by atoms with Gasteiger partial charge in [0.25, 0.3) is 0 Å². The summed E-state index contributed by atoms with van der Waals surface area (Å²) in [5, 5.41) is 7.66. The number of hydrogen-bond donors (Lipinski definition) is 1. The van der Waals surface area contributed by atoms with Gasteiger partial charge in [-0.05, 0) is 32.9 Å². The Morgan fingerprint density at radius 1 is 1.28 bits per heavy atom. The Hall–Kier alpha value is -1.62. The molecule has 0 bridgehead atoms. The monoisotopic (exact) mass is 245 g/mol. The van der Waals surface area contributed by atoms with Crippen molar-refractivity contribution in [2.24, 2.45) is 7.05 Å². The minimum Gasteiger partial charge on any atom is -0.324 e. The van der Waals surface area contributed by atoms with E-state index >= 15 is 0 Å². The van der Waals surface area contributed by atoms with Crippen molar-refractivity contribution in [1.29, 1.82) is 0 Å². The Morgan fingerprint density at radius 3 is 2.72 bits per heavy atom. The second kappa shape index (κ2) is 4.24. The van der Waals surface area contributed by atoms with Crippen LogP contribution in [0.5, 0.6) is 0 Å². The van der Waals surface area contributed by atoms with Crippen LogP contribution in [0, 0.1) is 0 Å². The Bertz CT molecular complexity index is 533. The molecule has 3 heterocycles. The number of piperidine rings is 1. The summed E-state index contributed by atoms with van der Waals surface area (Å²) in [4.78, 5) is 4.33. The molecule has 1 saturated heterocycles. The number of imidazole rings is 1. The van der Waals surface area contributed by atoms with E-state index in [0.29, 0.717) is 0 Å². The molecule has 0 radical (unpaired) electrons. The summed E-state index contributed by atoms with van der Waals surface area (Å²) in [6.45, 7) is 4.46. The Morgan fingerprint density at radius 2 is 2.06 bits per heavy atom. The van der Waals surface area contributed by atoms with Gasteiger partial charge < -0.3 is 9.88 Å². The van der Waals surface area contributed by atoms with Crippen molar-refractivity contribution in [3.8, 4) is 11.3 Å². The zero-order valence-electron chi connectivity index (χ0n) is 10.9. The van der Waals surface area contributed by atoms with Crippen molar-refractivity contribution in [2.45, 2.75) is 25.3 Å².